The summed E-state index contributed by atoms with van der Waals surface area (Å²) in [6, 6.07) is 3.67. The van der Waals surface area contributed by atoms with Crippen molar-refractivity contribution in [1.82, 2.24) is 19.8 Å². The Morgan fingerprint density at radius 2 is 1.97 bits per heavy atom. The lowest BCUT2D eigenvalue weighted by atomic mass is 10.0. The van der Waals surface area contributed by atoms with Gasteiger partial charge in [0.1, 0.15) is 4.21 Å². The van der Waals surface area contributed by atoms with Crippen LogP contribution in [0.4, 0.5) is 0 Å². The van der Waals surface area contributed by atoms with Gasteiger partial charge in [-0.15, -0.1) is 11.3 Å². The van der Waals surface area contributed by atoms with Crippen LogP contribution >= 0.6 is 11.3 Å². The first-order valence-corrected chi connectivity index (χ1v) is 15.0. The van der Waals surface area contributed by atoms with Gasteiger partial charge in [0.05, 0.1) is 25.3 Å². The molecule has 1 atom stereocenters. The quantitative estimate of drug-likeness (QED) is 0.346. The molecule has 36 heavy (non-hydrogen) atoms. The molecule has 198 valence electrons. The molecule has 3 aliphatic rings. The SMILES string of the molecule is O=C1CC=CC=C1C(=O)NCc1ccc(S(=O)(=O)N2CCCC(NCCCN3CCOCC3)CC2)s1. The Morgan fingerprint density at radius 1 is 1.14 bits per heavy atom. The van der Waals surface area contributed by atoms with Gasteiger partial charge in [0, 0.05) is 43.5 Å². The van der Waals surface area contributed by atoms with Gasteiger partial charge in [-0.2, -0.15) is 4.31 Å². The van der Waals surface area contributed by atoms with Crippen molar-refractivity contribution in [2.24, 2.45) is 0 Å². The van der Waals surface area contributed by atoms with E-state index in [4.69, 9.17) is 4.74 Å². The van der Waals surface area contributed by atoms with Crippen LogP contribution in [-0.2, 0) is 30.9 Å². The Morgan fingerprint density at radius 3 is 2.78 bits per heavy atom. The Balaban J connectivity index is 1.23. The molecule has 1 amide bonds. The maximum atomic E-state index is 13.3. The average molecular weight is 537 g/mol. The molecular formula is C25H36N4O5S2. The van der Waals surface area contributed by atoms with E-state index in [1.54, 1.807) is 28.6 Å². The Labute approximate surface area is 217 Å². The summed E-state index contributed by atoms with van der Waals surface area (Å²) >= 11 is 1.17. The minimum absolute atomic E-state index is 0.135. The molecule has 2 fully saturated rings. The van der Waals surface area contributed by atoms with E-state index < -0.39 is 15.9 Å². The first kappa shape index (κ1) is 27.2. The third-order valence-electron chi connectivity index (χ3n) is 6.78. The van der Waals surface area contributed by atoms with E-state index in [2.05, 4.69) is 15.5 Å². The molecule has 0 spiro atoms. The second kappa shape index (κ2) is 13.1. The van der Waals surface area contributed by atoms with Crippen LogP contribution in [0.3, 0.4) is 0 Å². The second-order valence-corrected chi connectivity index (χ2v) is 12.7. The van der Waals surface area contributed by atoms with Crippen LogP contribution in [0.2, 0.25) is 0 Å². The molecule has 2 aliphatic heterocycles. The average Bonchev–Trinajstić information content (AvgIpc) is 3.24. The highest BCUT2D eigenvalue weighted by Gasteiger charge is 2.29. The van der Waals surface area contributed by atoms with Crippen LogP contribution in [0, 0.1) is 0 Å². The number of hydrogen-bond acceptors (Lipinski definition) is 8. The number of Topliss-reactive ketones (excluding diaryl/α,β-unsaturated/α-hetero) is 1. The molecule has 1 aromatic rings. The van der Waals surface area contributed by atoms with Gasteiger partial charge in [-0.25, -0.2) is 8.42 Å². The Bertz CT molecular complexity index is 1080. The third kappa shape index (κ3) is 7.33. The van der Waals surface area contributed by atoms with E-state index in [0.29, 0.717) is 23.3 Å². The number of rotatable bonds is 10. The minimum atomic E-state index is -3.58. The number of morpholine rings is 1. The van der Waals surface area contributed by atoms with Gasteiger partial charge in [0.15, 0.2) is 5.78 Å². The number of ketones is 1. The summed E-state index contributed by atoms with van der Waals surface area (Å²) in [5, 5.41) is 6.35. The molecule has 9 nitrogen and oxygen atoms in total. The predicted molar refractivity (Wildman–Crippen MR) is 139 cm³/mol. The molecule has 2 N–H and O–H groups in total. The lowest BCUT2D eigenvalue weighted by Crippen LogP contribution is -2.39. The zero-order chi connectivity index (χ0) is 25.4. The van der Waals surface area contributed by atoms with Gasteiger partial charge in [-0.3, -0.25) is 14.5 Å². The monoisotopic (exact) mass is 536 g/mol. The highest BCUT2D eigenvalue weighted by atomic mass is 32.2. The molecule has 11 heteroatoms. The van der Waals surface area contributed by atoms with Crippen molar-refractivity contribution >= 4 is 33.1 Å². The fourth-order valence-corrected chi connectivity index (χ4v) is 7.62. The van der Waals surface area contributed by atoms with Crippen molar-refractivity contribution in [3.63, 3.8) is 0 Å². The van der Waals surface area contributed by atoms with Crippen LogP contribution in [0.15, 0.2) is 40.1 Å². The van der Waals surface area contributed by atoms with Crippen molar-refractivity contribution < 1.29 is 22.7 Å². The maximum Gasteiger partial charge on any atom is 0.255 e. The standard InChI is InChI=1S/C25H36N4O5S2/c30-23-7-2-1-6-22(23)25(31)27-19-21-8-9-24(35-21)36(32,33)29-13-3-5-20(10-14-29)26-11-4-12-28-15-17-34-18-16-28/h1-2,6,8-9,20,26H,3-5,7,10-19H2,(H,27,31). The predicted octanol–water partition coefficient (Wildman–Crippen LogP) is 1.67. The van der Waals surface area contributed by atoms with E-state index in [-0.39, 0.29) is 24.3 Å². The van der Waals surface area contributed by atoms with Crippen LogP contribution in [-0.4, -0.2) is 87.8 Å². The molecule has 3 heterocycles. The number of hydrogen-bond donors (Lipinski definition) is 2. The van der Waals surface area contributed by atoms with Gasteiger partial charge in [0.2, 0.25) is 0 Å². The topological polar surface area (TPSA) is 108 Å². The first-order valence-electron chi connectivity index (χ1n) is 12.7. The Kier molecular flexibility index (Phi) is 9.86. The number of carbonyl (C=O) groups excluding carboxylic acids is 2. The van der Waals surface area contributed by atoms with Gasteiger partial charge < -0.3 is 15.4 Å². The van der Waals surface area contributed by atoms with E-state index in [9.17, 15) is 18.0 Å². The van der Waals surface area contributed by atoms with E-state index in [1.165, 1.54) is 17.4 Å². The van der Waals surface area contributed by atoms with Crippen LogP contribution in [0.5, 0.6) is 0 Å². The molecule has 4 rings (SSSR count). The van der Waals surface area contributed by atoms with Gasteiger partial charge >= 0.3 is 0 Å². The van der Waals surface area contributed by atoms with Gasteiger partial charge in [-0.05, 0) is 57.0 Å². The summed E-state index contributed by atoms with van der Waals surface area (Å²) < 4.78 is 33.8. The van der Waals surface area contributed by atoms with Crippen LogP contribution in [0.25, 0.3) is 0 Å². The highest BCUT2D eigenvalue weighted by Crippen LogP contribution is 2.27. The largest absolute Gasteiger partial charge is 0.379 e. The zero-order valence-corrected chi connectivity index (χ0v) is 22.2. The van der Waals surface area contributed by atoms with Crippen LogP contribution < -0.4 is 10.6 Å². The third-order valence-corrected chi connectivity index (χ3v) is 10.2. The minimum Gasteiger partial charge on any atom is -0.379 e. The maximum absolute atomic E-state index is 13.3. The molecule has 0 radical (unpaired) electrons. The van der Waals surface area contributed by atoms with Crippen molar-refractivity contribution in [1.29, 1.82) is 0 Å². The molecule has 1 unspecified atom stereocenters. The summed E-state index contributed by atoms with van der Waals surface area (Å²) in [5.74, 6) is -0.645. The van der Waals surface area contributed by atoms with E-state index >= 15 is 0 Å². The van der Waals surface area contributed by atoms with Crippen LogP contribution in [0.1, 0.15) is 37.0 Å². The molecule has 0 saturated carbocycles. The van der Waals surface area contributed by atoms with Crippen molar-refractivity contribution in [3.05, 3.63) is 40.8 Å². The molecule has 2 saturated heterocycles. The fourth-order valence-electron chi connectivity index (χ4n) is 4.67. The molecule has 1 aliphatic carbocycles. The number of nitrogens with one attached hydrogen (secondary N) is 2. The van der Waals surface area contributed by atoms with Crippen molar-refractivity contribution in [3.8, 4) is 0 Å². The lowest BCUT2D eigenvalue weighted by molar-refractivity contribution is -0.122. The molecule has 0 aromatic carbocycles. The van der Waals surface area contributed by atoms with E-state index in [0.717, 1.165) is 70.0 Å². The number of amides is 1. The van der Waals surface area contributed by atoms with Gasteiger partial charge in [0.25, 0.3) is 15.9 Å². The number of thiophene rings is 1. The Hall–Kier alpha value is -1.89. The summed E-state index contributed by atoms with van der Waals surface area (Å²) in [6.45, 7) is 6.84. The normalized spacial score (nSPS) is 22.3. The van der Waals surface area contributed by atoms with E-state index in [1.807, 2.05) is 0 Å². The second-order valence-electron chi connectivity index (χ2n) is 9.33. The first-order chi connectivity index (χ1) is 17.4. The summed E-state index contributed by atoms with van der Waals surface area (Å²) in [4.78, 5) is 27.3. The smallest absolute Gasteiger partial charge is 0.255 e. The molecular weight excluding hydrogens is 500 g/mol. The summed E-state index contributed by atoms with van der Waals surface area (Å²) in [7, 11) is -3.58. The number of carbonyl (C=O) groups is 2. The molecule has 0 bridgehead atoms. The number of nitrogens with zero attached hydrogens (tertiary/aromatic N) is 2. The lowest BCUT2D eigenvalue weighted by Gasteiger charge is -2.26. The number of sulfonamides is 1. The number of allylic oxidation sites excluding steroid dienone is 3. The number of ether oxygens (including phenoxy) is 1. The summed E-state index contributed by atoms with van der Waals surface area (Å²) in [6.07, 6.45) is 8.81. The highest BCUT2D eigenvalue weighted by molar-refractivity contribution is 7.91. The summed E-state index contributed by atoms with van der Waals surface area (Å²) in [5.41, 5.74) is 0.135. The van der Waals surface area contributed by atoms with Crippen molar-refractivity contribution in [2.45, 2.75) is 48.9 Å². The molecule has 1 aromatic heterocycles. The fraction of sp³-hybridized carbons (Fsp3) is 0.600. The van der Waals surface area contributed by atoms with Gasteiger partial charge in [-0.1, -0.05) is 12.2 Å². The van der Waals surface area contributed by atoms with Crippen molar-refractivity contribution in [2.75, 3.05) is 52.5 Å². The zero-order valence-electron chi connectivity index (χ0n) is 20.6.